The normalized spacial score (nSPS) is 12.2. The lowest BCUT2D eigenvalue weighted by atomic mass is 10.1. The Labute approximate surface area is 174 Å². The molecule has 3 aromatic rings. The molecular formula is C22H25FN4OS. The summed E-state index contributed by atoms with van der Waals surface area (Å²) < 4.78 is 16.2. The van der Waals surface area contributed by atoms with Gasteiger partial charge in [-0.15, -0.1) is 10.2 Å². The summed E-state index contributed by atoms with van der Waals surface area (Å²) in [6, 6.07) is 16.3. The number of carbonyl (C=O) groups excluding carboxylic acids is 1. The zero-order valence-corrected chi connectivity index (χ0v) is 17.6. The standard InChI is InChI=1S/C22H25FN4OS/c1-15(2)13-27-21(18-11-7-8-12-19(18)23)25-26-22(27)29-14-20(28)24-16(3)17-9-5-4-6-10-17/h4-12,15-16H,13-14H2,1-3H3,(H,24,28)/t16-/m1/s1. The number of nitrogens with zero attached hydrogens (tertiary/aromatic N) is 3. The molecule has 0 bridgehead atoms. The number of halogens is 1. The summed E-state index contributed by atoms with van der Waals surface area (Å²) in [5.41, 5.74) is 1.46. The van der Waals surface area contributed by atoms with E-state index in [1.165, 1.54) is 17.8 Å². The zero-order chi connectivity index (χ0) is 20.8. The molecule has 3 rings (SSSR count). The third-order valence-corrected chi connectivity index (χ3v) is 5.36. The minimum absolute atomic E-state index is 0.0770. The number of aromatic nitrogens is 3. The van der Waals surface area contributed by atoms with E-state index in [9.17, 15) is 9.18 Å². The third kappa shape index (κ3) is 5.44. The van der Waals surface area contributed by atoms with Gasteiger partial charge in [0.25, 0.3) is 0 Å². The highest BCUT2D eigenvalue weighted by molar-refractivity contribution is 7.99. The average Bonchev–Trinajstić information content (AvgIpc) is 3.09. The quantitative estimate of drug-likeness (QED) is 0.545. The van der Waals surface area contributed by atoms with Crippen LogP contribution in [0.5, 0.6) is 0 Å². The van der Waals surface area contributed by atoms with Crippen molar-refractivity contribution in [1.82, 2.24) is 20.1 Å². The highest BCUT2D eigenvalue weighted by Crippen LogP contribution is 2.27. The van der Waals surface area contributed by atoms with Gasteiger partial charge >= 0.3 is 0 Å². The Balaban J connectivity index is 1.72. The number of rotatable bonds is 8. The van der Waals surface area contributed by atoms with E-state index in [0.29, 0.717) is 29.0 Å². The number of nitrogens with one attached hydrogen (secondary N) is 1. The van der Waals surface area contributed by atoms with E-state index in [1.807, 2.05) is 41.8 Å². The van der Waals surface area contributed by atoms with Crippen molar-refractivity contribution >= 4 is 17.7 Å². The highest BCUT2D eigenvalue weighted by atomic mass is 32.2. The van der Waals surface area contributed by atoms with E-state index >= 15 is 0 Å². The van der Waals surface area contributed by atoms with Crippen LogP contribution < -0.4 is 5.32 Å². The van der Waals surface area contributed by atoms with Crippen LogP contribution in [0.25, 0.3) is 11.4 Å². The van der Waals surface area contributed by atoms with Gasteiger partial charge in [-0.25, -0.2) is 4.39 Å². The fourth-order valence-corrected chi connectivity index (χ4v) is 3.76. The summed E-state index contributed by atoms with van der Waals surface area (Å²) in [6.07, 6.45) is 0. The van der Waals surface area contributed by atoms with Crippen LogP contribution in [0.15, 0.2) is 59.8 Å². The van der Waals surface area contributed by atoms with Gasteiger partial charge in [0.2, 0.25) is 5.91 Å². The van der Waals surface area contributed by atoms with Gasteiger partial charge in [-0.3, -0.25) is 4.79 Å². The molecule has 1 atom stereocenters. The molecule has 0 radical (unpaired) electrons. The molecule has 7 heteroatoms. The molecular weight excluding hydrogens is 387 g/mol. The predicted octanol–water partition coefficient (Wildman–Crippen LogP) is 4.71. The van der Waals surface area contributed by atoms with Crippen molar-refractivity contribution in [3.63, 3.8) is 0 Å². The van der Waals surface area contributed by atoms with Crippen LogP contribution in [0, 0.1) is 11.7 Å². The molecule has 29 heavy (non-hydrogen) atoms. The minimum atomic E-state index is -0.337. The molecule has 0 unspecified atom stereocenters. The average molecular weight is 413 g/mol. The van der Waals surface area contributed by atoms with Gasteiger partial charge in [0.05, 0.1) is 17.4 Å². The largest absolute Gasteiger partial charge is 0.349 e. The van der Waals surface area contributed by atoms with Crippen molar-refractivity contribution in [2.24, 2.45) is 5.92 Å². The van der Waals surface area contributed by atoms with E-state index in [4.69, 9.17) is 0 Å². The first-order chi connectivity index (χ1) is 14.0. The molecule has 0 aliphatic carbocycles. The molecule has 0 aliphatic rings. The fraction of sp³-hybridized carbons (Fsp3) is 0.318. The molecule has 1 amide bonds. The summed E-state index contributed by atoms with van der Waals surface area (Å²) in [7, 11) is 0. The lowest BCUT2D eigenvalue weighted by Gasteiger charge is -2.15. The smallest absolute Gasteiger partial charge is 0.230 e. The molecule has 1 N–H and O–H groups in total. The summed E-state index contributed by atoms with van der Waals surface area (Å²) >= 11 is 1.31. The molecule has 5 nitrogen and oxygen atoms in total. The van der Waals surface area contributed by atoms with Gasteiger partial charge in [-0.2, -0.15) is 0 Å². The molecule has 0 fully saturated rings. The number of hydrogen-bond donors (Lipinski definition) is 1. The van der Waals surface area contributed by atoms with E-state index in [0.717, 1.165) is 5.56 Å². The third-order valence-electron chi connectivity index (χ3n) is 4.39. The van der Waals surface area contributed by atoms with E-state index in [-0.39, 0.29) is 23.5 Å². The van der Waals surface area contributed by atoms with Crippen molar-refractivity contribution < 1.29 is 9.18 Å². The van der Waals surface area contributed by atoms with Crippen molar-refractivity contribution in [2.45, 2.75) is 38.5 Å². The number of hydrogen-bond acceptors (Lipinski definition) is 4. The molecule has 1 aromatic heterocycles. The Morgan fingerprint density at radius 2 is 1.76 bits per heavy atom. The van der Waals surface area contributed by atoms with Crippen molar-refractivity contribution in [1.29, 1.82) is 0 Å². The van der Waals surface area contributed by atoms with Gasteiger partial charge in [0.15, 0.2) is 11.0 Å². The van der Waals surface area contributed by atoms with Gasteiger partial charge < -0.3 is 9.88 Å². The van der Waals surface area contributed by atoms with Crippen molar-refractivity contribution in [3.05, 3.63) is 66.0 Å². The highest BCUT2D eigenvalue weighted by Gasteiger charge is 2.19. The summed E-state index contributed by atoms with van der Waals surface area (Å²) in [6.45, 7) is 6.75. The maximum atomic E-state index is 14.3. The molecule has 0 aliphatic heterocycles. The predicted molar refractivity (Wildman–Crippen MR) is 114 cm³/mol. The Morgan fingerprint density at radius 1 is 1.07 bits per heavy atom. The van der Waals surface area contributed by atoms with Crippen LogP contribution >= 0.6 is 11.8 Å². The summed E-state index contributed by atoms with van der Waals surface area (Å²) in [4.78, 5) is 12.4. The summed E-state index contributed by atoms with van der Waals surface area (Å²) in [5.74, 6) is 0.596. The number of amides is 1. The number of thioether (sulfide) groups is 1. The Hall–Kier alpha value is -2.67. The number of carbonyl (C=O) groups is 1. The lowest BCUT2D eigenvalue weighted by molar-refractivity contribution is -0.119. The van der Waals surface area contributed by atoms with E-state index < -0.39 is 0 Å². The molecule has 0 saturated heterocycles. The van der Waals surface area contributed by atoms with E-state index in [2.05, 4.69) is 29.4 Å². The van der Waals surface area contributed by atoms with Crippen LogP contribution in [0.3, 0.4) is 0 Å². The van der Waals surface area contributed by atoms with Gasteiger partial charge in [0.1, 0.15) is 5.82 Å². The number of benzene rings is 2. The van der Waals surface area contributed by atoms with E-state index in [1.54, 1.807) is 18.2 Å². The van der Waals surface area contributed by atoms with Crippen LogP contribution in [0.1, 0.15) is 32.4 Å². The topological polar surface area (TPSA) is 59.8 Å². The maximum absolute atomic E-state index is 14.3. The lowest BCUT2D eigenvalue weighted by Crippen LogP contribution is -2.28. The minimum Gasteiger partial charge on any atom is -0.349 e. The Kier molecular flexibility index (Phi) is 7.04. The second-order valence-electron chi connectivity index (χ2n) is 7.28. The first kappa shape index (κ1) is 21.0. The van der Waals surface area contributed by atoms with Crippen LogP contribution in [0.2, 0.25) is 0 Å². The zero-order valence-electron chi connectivity index (χ0n) is 16.8. The van der Waals surface area contributed by atoms with Crippen molar-refractivity contribution in [3.8, 4) is 11.4 Å². The monoisotopic (exact) mass is 412 g/mol. The molecule has 152 valence electrons. The fourth-order valence-electron chi connectivity index (χ4n) is 3.01. The first-order valence-electron chi connectivity index (χ1n) is 9.61. The molecule has 2 aromatic carbocycles. The SMILES string of the molecule is CC(C)Cn1c(SCC(=O)N[C@H](C)c2ccccc2)nnc1-c1ccccc1F. The molecule has 1 heterocycles. The van der Waals surface area contributed by atoms with Gasteiger partial charge in [0, 0.05) is 6.54 Å². The first-order valence-corrected chi connectivity index (χ1v) is 10.6. The molecule has 0 saturated carbocycles. The van der Waals surface area contributed by atoms with Crippen LogP contribution in [-0.4, -0.2) is 26.4 Å². The molecule has 0 spiro atoms. The van der Waals surface area contributed by atoms with Gasteiger partial charge in [-0.05, 0) is 30.5 Å². The van der Waals surface area contributed by atoms with Crippen LogP contribution in [0.4, 0.5) is 4.39 Å². The second-order valence-corrected chi connectivity index (χ2v) is 8.22. The summed E-state index contributed by atoms with van der Waals surface area (Å²) in [5, 5.41) is 12.0. The Bertz CT molecular complexity index is 958. The van der Waals surface area contributed by atoms with Crippen molar-refractivity contribution in [2.75, 3.05) is 5.75 Å². The Morgan fingerprint density at radius 3 is 2.45 bits per heavy atom. The maximum Gasteiger partial charge on any atom is 0.230 e. The van der Waals surface area contributed by atoms with Gasteiger partial charge in [-0.1, -0.05) is 68.1 Å². The van der Waals surface area contributed by atoms with Crippen LogP contribution in [-0.2, 0) is 11.3 Å². The second kappa shape index (κ2) is 9.69.